The average molecular weight is 372 g/mol. The van der Waals surface area contributed by atoms with Crippen molar-refractivity contribution in [2.75, 3.05) is 21.1 Å². The topological polar surface area (TPSA) is 119 Å². The third-order valence-corrected chi connectivity index (χ3v) is 4.07. The number of aliphatic hydroxyl groups is 1. The van der Waals surface area contributed by atoms with E-state index in [1.807, 2.05) is 6.92 Å². The zero-order chi connectivity index (χ0) is 20.7. The number of amides is 5. The van der Waals surface area contributed by atoms with Gasteiger partial charge in [0.25, 0.3) is 5.91 Å². The van der Waals surface area contributed by atoms with Crippen LogP contribution in [-0.4, -0.2) is 77.5 Å². The molecule has 0 heterocycles. The maximum atomic E-state index is 12.8. The van der Waals surface area contributed by atoms with Crippen LogP contribution < -0.4 is 10.6 Å². The fourth-order valence-corrected chi connectivity index (χ4v) is 2.36. The molecule has 0 aromatic carbocycles. The van der Waals surface area contributed by atoms with Crippen LogP contribution in [0, 0.1) is 0 Å². The van der Waals surface area contributed by atoms with Gasteiger partial charge in [0.2, 0.25) is 11.8 Å². The number of imide groups is 1. The van der Waals surface area contributed by atoms with Gasteiger partial charge in [0.15, 0.2) is 0 Å². The van der Waals surface area contributed by atoms with E-state index in [0.717, 1.165) is 4.90 Å². The maximum Gasteiger partial charge on any atom is 0.321 e. The van der Waals surface area contributed by atoms with Gasteiger partial charge >= 0.3 is 6.03 Å². The van der Waals surface area contributed by atoms with Crippen molar-refractivity contribution in [3.8, 4) is 0 Å². The van der Waals surface area contributed by atoms with Crippen LogP contribution in [0.1, 0.15) is 47.0 Å². The fraction of sp³-hybridized carbons (Fsp3) is 0.765. The Hall–Kier alpha value is -2.16. The molecule has 5 amide bonds. The molecular weight excluding hydrogens is 340 g/mol. The van der Waals surface area contributed by atoms with Gasteiger partial charge in [-0.05, 0) is 27.2 Å². The standard InChI is InChI=1S/C17H32N4O5/c1-8-9-13(22)20(6)11(2)15(24)21(7)12(10-17(3,4)26)14(23)19-16(25)18-5/h11-12,26H,8-10H2,1-7H3,(H2,18,19,23,25)/t11-,12+/m1/s1. The smallest absolute Gasteiger partial charge is 0.321 e. The summed E-state index contributed by atoms with van der Waals surface area (Å²) < 4.78 is 0. The second-order valence-corrected chi connectivity index (χ2v) is 6.98. The molecule has 0 aromatic heterocycles. The number of carbonyl (C=O) groups is 4. The van der Waals surface area contributed by atoms with E-state index in [2.05, 4.69) is 10.6 Å². The summed E-state index contributed by atoms with van der Waals surface area (Å²) in [7, 11) is 4.31. The van der Waals surface area contributed by atoms with Gasteiger partial charge in [-0.25, -0.2) is 4.79 Å². The molecule has 0 rings (SSSR count). The number of likely N-dealkylation sites (N-methyl/N-ethyl adjacent to an activating group) is 2. The van der Waals surface area contributed by atoms with Crippen molar-refractivity contribution in [2.45, 2.75) is 64.6 Å². The normalized spacial score (nSPS) is 13.4. The van der Waals surface area contributed by atoms with Gasteiger partial charge in [0.1, 0.15) is 12.1 Å². The second-order valence-electron chi connectivity index (χ2n) is 6.98. The molecule has 9 nitrogen and oxygen atoms in total. The molecule has 0 bridgehead atoms. The molecule has 0 aliphatic rings. The lowest BCUT2D eigenvalue weighted by molar-refractivity contribution is -0.148. The Morgan fingerprint density at radius 3 is 2.08 bits per heavy atom. The highest BCUT2D eigenvalue weighted by Crippen LogP contribution is 2.17. The number of nitrogens with one attached hydrogen (secondary N) is 2. The molecule has 2 atom stereocenters. The third-order valence-electron chi connectivity index (χ3n) is 4.07. The van der Waals surface area contributed by atoms with Crippen LogP contribution in [-0.2, 0) is 14.4 Å². The van der Waals surface area contributed by atoms with E-state index in [4.69, 9.17) is 0 Å². The molecule has 0 aliphatic heterocycles. The maximum absolute atomic E-state index is 12.8. The summed E-state index contributed by atoms with van der Waals surface area (Å²) >= 11 is 0. The van der Waals surface area contributed by atoms with Gasteiger partial charge in [0.05, 0.1) is 5.60 Å². The van der Waals surface area contributed by atoms with Gasteiger partial charge in [-0.1, -0.05) is 6.92 Å². The first-order chi connectivity index (χ1) is 11.9. The van der Waals surface area contributed by atoms with Crippen LogP contribution >= 0.6 is 0 Å². The lowest BCUT2D eigenvalue weighted by atomic mass is 9.97. The Balaban J connectivity index is 5.40. The average Bonchev–Trinajstić information content (AvgIpc) is 2.56. The lowest BCUT2D eigenvalue weighted by Gasteiger charge is -2.34. The van der Waals surface area contributed by atoms with Crippen molar-refractivity contribution in [3.63, 3.8) is 0 Å². The first kappa shape index (κ1) is 23.8. The zero-order valence-corrected chi connectivity index (χ0v) is 16.8. The first-order valence-electron chi connectivity index (χ1n) is 8.63. The molecule has 0 saturated heterocycles. The van der Waals surface area contributed by atoms with E-state index < -0.39 is 35.5 Å². The predicted octanol–water partition coefficient (Wildman–Crippen LogP) is 0.0770. The minimum atomic E-state index is -1.24. The van der Waals surface area contributed by atoms with Gasteiger partial charge in [-0.15, -0.1) is 0 Å². The molecule has 0 fully saturated rings. The molecule has 0 radical (unpaired) electrons. The summed E-state index contributed by atoms with van der Waals surface area (Å²) in [6, 6.07) is -2.56. The molecule has 26 heavy (non-hydrogen) atoms. The van der Waals surface area contributed by atoms with Crippen molar-refractivity contribution in [3.05, 3.63) is 0 Å². The molecule has 0 spiro atoms. The van der Waals surface area contributed by atoms with Crippen molar-refractivity contribution in [1.29, 1.82) is 0 Å². The summed E-state index contributed by atoms with van der Waals surface area (Å²) in [6.07, 6.45) is 0.912. The van der Waals surface area contributed by atoms with Crippen molar-refractivity contribution in [2.24, 2.45) is 0 Å². The van der Waals surface area contributed by atoms with Crippen LogP contribution in [0.15, 0.2) is 0 Å². The highest BCUT2D eigenvalue weighted by molar-refractivity contribution is 5.99. The molecule has 0 aromatic rings. The minimum Gasteiger partial charge on any atom is -0.390 e. The van der Waals surface area contributed by atoms with Crippen molar-refractivity contribution in [1.82, 2.24) is 20.4 Å². The summed E-state index contributed by atoms with van der Waals surface area (Å²) in [5, 5.41) is 14.5. The molecular formula is C17H32N4O5. The minimum absolute atomic E-state index is 0.0720. The largest absolute Gasteiger partial charge is 0.390 e. The zero-order valence-electron chi connectivity index (χ0n) is 16.8. The molecule has 0 saturated carbocycles. The first-order valence-corrected chi connectivity index (χ1v) is 8.63. The summed E-state index contributed by atoms with van der Waals surface area (Å²) in [5.41, 5.74) is -1.24. The number of hydrogen-bond donors (Lipinski definition) is 3. The molecule has 9 heteroatoms. The number of urea groups is 1. The van der Waals surface area contributed by atoms with Crippen LogP contribution in [0.25, 0.3) is 0 Å². The van der Waals surface area contributed by atoms with E-state index in [9.17, 15) is 24.3 Å². The molecule has 150 valence electrons. The van der Waals surface area contributed by atoms with Crippen molar-refractivity contribution < 1.29 is 24.3 Å². The van der Waals surface area contributed by atoms with Gasteiger partial charge < -0.3 is 20.2 Å². The fourth-order valence-electron chi connectivity index (χ4n) is 2.36. The highest BCUT2D eigenvalue weighted by atomic mass is 16.3. The summed E-state index contributed by atoms with van der Waals surface area (Å²) in [5.74, 6) is -1.34. The van der Waals surface area contributed by atoms with Gasteiger partial charge in [0, 0.05) is 34.0 Å². The SMILES string of the molecule is CCCC(=O)N(C)[C@H](C)C(=O)N(C)[C@@H](CC(C)(C)O)C(=O)NC(=O)NC. The Kier molecular flexibility index (Phi) is 9.26. The number of rotatable bonds is 8. The Labute approximate surface area is 155 Å². The molecule has 0 unspecified atom stereocenters. The Morgan fingerprint density at radius 2 is 1.65 bits per heavy atom. The highest BCUT2D eigenvalue weighted by Gasteiger charge is 2.35. The summed E-state index contributed by atoms with van der Waals surface area (Å²) in [4.78, 5) is 51.1. The summed E-state index contributed by atoms with van der Waals surface area (Å²) in [6.45, 7) is 6.45. The van der Waals surface area contributed by atoms with Crippen molar-refractivity contribution >= 4 is 23.8 Å². The van der Waals surface area contributed by atoms with Gasteiger partial charge in [-0.3, -0.25) is 19.7 Å². The quantitative estimate of drug-likeness (QED) is 0.557. The predicted molar refractivity (Wildman–Crippen MR) is 97.2 cm³/mol. The number of nitrogens with zero attached hydrogens (tertiary/aromatic N) is 2. The monoisotopic (exact) mass is 372 g/mol. The number of carbonyl (C=O) groups excluding carboxylic acids is 4. The van der Waals surface area contributed by atoms with Crippen LogP contribution in [0.5, 0.6) is 0 Å². The Bertz CT molecular complexity index is 530. The van der Waals surface area contributed by atoms with E-state index in [0.29, 0.717) is 12.8 Å². The second kappa shape index (κ2) is 10.1. The van der Waals surface area contributed by atoms with E-state index in [1.165, 1.54) is 39.9 Å². The van der Waals surface area contributed by atoms with Crippen LogP contribution in [0.4, 0.5) is 4.79 Å². The van der Waals surface area contributed by atoms with E-state index in [1.54, 1.807) is 6.92 Å². The third kappa shape index (κ3) is 7.38. The Morgan fingerprint density at radius 1 is 1.12 bits per heavy atom. The number of hydrogen-bond acceptors (Lipinski definition) is 5. The van der Waals surface area contributed by atoms with Gasteiger partial charge in [-0.2, -0.15) is 0 Å². The van der Waals surface area contributed by atoms with E-state index >= 15 is 0 Å². The molecule has 0 aliphatic carbocycles. The lowest BCUT2D eigenvalue weighted by Crippen LogP contribution is -2.56. The van der Waals surface area contributed by atoms with Crippen LogP contribution in [0.3, 0.4) is 0 Å². The van der Waals surface area contributed by atoms with Crippen LogP contribution in [0.2, 0.25) is 0 Å². The van der Waals surface area contributed by atoms with E-state index in [-0.39, 0.29) is 12.3 Å². The molecule has 3 N–H and O–H groups in total.